The smallest absolute Gasteiger partial charge is 0.334 e. The first-order valence-electron chi connectivity index (χ1n) is 7.27. The van der Waals surface area contributed by atoms with E-state index in [-0.39, 0.29) is 10.6 Å². The fourth-order valence-corrected chi connectivity index (χ4v) is 3.56. The van der Waals surface area contributed by atoms with Crippen molar-refractivity contribution in [3.63, 3.8) is 0 Å². The summed E-state index contributed by atoms with van der Waals surface area (Å²) < 4.78 is 1.68. The highest BCUT2D eigenvalue weighted by Crippen LogP contribution is 2.36. The normalized spacial score (nSPS) is 25.8. The molecular weight excluding hydrogens is 258 g/mol. The van der Waals surface area contributed by atoms with E-state index in [0.717, 1.165) is 38.5 Å². The Kier molecular flexibility index (Phi) is 3.37. The van der Waals surface area contributed by atoms with Gasteiger partial charge in [0.25, 0.3) is 0 Å². The lowest BCUT2D eigenvalue weighted by Crippen LogP contribution is -2.41. The quantitative estimate of drug-likeness (QED) is 0.658. The third-order valence-corrected chi connectivity index (χ3v) is 4.58. The zero-order valence-corrected chi connectivity index (χ0v) is 12.0. The number of piperidine rings is 1. The largest absolute Gasteiger partial charge is 0.351 e. The van der Waals surface area contributed by atoms with Gasteiger partial charge in [0.1, 0.15) is 5.69 Å². The van der Waals surface area contributed by atoms with E-state index in [2.05, 4.69) is 15.3 Å². The molecule has 0 aromatic carbocycles. The molecule has 1 N–H and O–H groups in total. The lowest BCUT2D eigenvalue weighted by atomic mass is 9.88. The molecule has 7 nitrogen and oxygen atoms in total. The van der Waals surface area contributed by atoms with Crippen LogP contribution in [0, 0.1) is 22.0 Å². The standard InChI is InChI=1S/C13H21N5O2/c1-3-11-12(18(19)20)13(16(2)15-11)17-5-4-9-6-14-7-10(9)8-17/h9-10,14H,3-8H2,1-2H3. The second kappa shape index (κ2) is 5.05. The molecule has 1 aromatic heterocycles. The third-order valence-electron chi connectivity index (χ3n) is 4.58. The van der Waals surface area contributed by atoms with Crippen LogP contribution in [0.25, 0.3) is 0 Å². The van der Waals surface area contributed by atoms with Crippen molar-refractivity contribution >= 4 is 11.5 Å². The average molecular weight is 279 g/mol. The van der Waals surface area contributed by atoms with Crippen molar-refractivity contribution in [1.82, 2.24) is 15.1 Å². The Morgan fingerprint density at radius 2 is 2.20 bits per heavy atom. The van der Waals surface area contributed by atoms with E-state index in [1.165, 1.54) is 0 Å². The molecule has 0 saturated carbocycles. The number of nitrogens with zero attached hydrogens (tertiary/aromatic N) is 4. The third kappa shape index (κ3) is 2.06. The number of aryl methyl sites for hydroxylation is 2. The minimum atomic E-state index is -0.278. The summed E-state index contributed by atoms with van der Waals surface area (Å²) in [5.74, 6) is 2.00. The molecule has 0 bridgehead atoms. The molecule has 0 radical (unpaired) electrons. The van der Waals surface area contributed by atoms with E-state index >= 15 is 0 Å². The van der Waals surface area contributed by atoms with E-state index in [1.54, 1.807) is 11.7 Å². The van der Waals surface area contributed by atoms with Gasteiger partial charge in [-0.3, -0.25) is 10.1 Å². The van der Waals surface area contributed by atoms with Crippen molar-refractivity contribution in [2.45, 2.75) is 19.8 Å². The van der Waals surface area contributed by atoms with E-state index < -0.39 is 0 Å². The number of anilines is 1. The maximum atomic E-state index is 11.4. The minimum absolute atomic E-state index is 0.194. The van der Waals surface area contributed by atoms with Crippen LogP contribution in [0.15, 0.2) is 0 Å². The van der Waals surface area contributed by atoms with Gasteiger partial charge in [0.05, 0.1) is 4.92 Å². The Bertz CT molecular complexity index is 527. The molecule has 0 aliphatic carbocycles. The van der Waals surface area contributed by atoms with Crippen LogP contribution in [0.2, 0.25) is 0 Å². The van der Waals surface area contributed by atoms with Gasteiger partial charge in [0, 0.05) is 20.1 Å². The zero-order valence-electron chi connectivity index (χ0n) is 12.0. The van der Waals surface area contributed by atoms with E-state index in [1.807, 2.05) is 6.92 Å². The highest BCUT2D eigenvalue weighted by Gasteiger charge is 2.37. The Morgan fingerprint density at radius 3 is 2.90 bits per heavy atom. The summed E-state index contributed by atoms with van der Waals surface area (Å²) >= 11 is 0. The molecule has 1 aromatic rings. The molecule has 3 heterocycles. The van der Waals surface area contributed by atoms with Gasteiger partial charge >= 0.3 is 5.69 Å². The Hall–Kier alpha value is -1.63. The topological polar surface area (TPSA) is 76.2 Å². The van der Waals surface area contributed by atoms with Crippen LogP contribution in [-0.2, 0) is 13.5 Å². The van der Waals surface area contributed by atoms with Crippen molar-refractivity contribution in [2.75, 3.05) is 31.1 Å². The van der Waals surface area contributed by atoms with Gasteiger partial charge in [0.2, 0.25) is 5.82 Å². The fourth-order valence-electron chi connectivity index (χ4n) is 3.56. The van der Waals surface area contributed by atoms with Gasteiger partial charge < -0.3 is 10.2 Å². The number of aromatic nitrogens is 2. The summed E-state index contributed by atoms with van der Waals surface area (Å²) in [7, 11) is 1.81. The lowest BCUT2D eigenvalue weighted by molar-refractivity contribution is -0.384. The predicted octanol–water partition coefficient (Wildman–Crippen LogP) is 0.936. The molecule has 2 unspecified atom stereocenters. The Labute approximate surface area is 118 Å². The van der Waals surface area contributed by atoms with Crippen LogP contribution in [0.3, 0.4) is 0 Å². The summed E-state index contributed by atoms with van der Waals surface area (Å²) in [6.45, 7) is 5.79. The molecule has 2 aliphatic rings. The number of hydrogen-bond donors (Lipinski definition) is 1. The Balaban J connectivity index is 1.93. The molecule has 2 fully saturated rings. The summed E-state index contributed by atoms with van der Waals surface area (Å²) in [5, 5.41) is 19.1. The second-order valence-electron chi connectivity index (χ2n) is 5.77. The minimum Gasteiger partial charge on any atom is -0.351 e. The summed E-state index contributed by atoms with van der Waals surface area (Å²) in [4.78, 5) is 13.3. The lowest BCUT2D eigenvalue weighted by Gasteiger charge is -2.35. The summed E-state index contributed by atoms with van der Waals surface area (Å²) in [5.41, 5.74) is 0.776. The molecule has 2 aliphatic heterocycles. The van der Waals surface area contributed by atoms with Crippen LogP contribution in [0.4, 0.5) is 11.5 Å². The number of fused-ring (bicyclic) bond motifs is 1. The first-order valence-corrected chi connectivity index (χ1v) is 7.27. The fraction of sp³-hybridized carbons (Fsp3) is 0.769. The van der Waals surface area contributed by atoms with Gasteiger partial charge in [-0.2, -0.15) is 5.10 Å². The van der Waals surface area contributed by atoms with Gasteiger partial charge in [-0.05, 0) is 37.8 Å². The molecule has 0 spiro atoms. The maximum absolute atomic E-state index is 11.4. The molecule has 3 rings (SSSR count). The van der Waals surface area contributed by atoms with Gasteiger partial charge in [-0.25, -0.2) is 4.68 Å². The number of nitrogens with one attached hydrogen (secondary N) is 1. The zero-order chi connectivity index (χ0) is 14.3. The Morgan fingerprint density at radius 1 is 1.45 bits per heavy atom. The van der Waals surface area contributed by atoms with Crippen molar-refractivity contribution < 1.29 is 4.92 Å². The highest BCUT2D eigenvalue weighted by molar-refractivity contribution is 5.62. The molecule has 2 atom stereocenters. The van der Waals surface area contributed by atoms with Crippen molar-refractivity contribution in [3.05, 3.63) is 15.8 Å². The van der Waals surface area contributed by atoms with E-state index in [4.69, 9.17) is 0 Å². The van der Waals surface area contributed by atoms with Crippen molar-refractivity contribution in [3.8, 4) is 0 Å². The van der Waals surface area contributed by atoms with Gasteiger partial charge in [-0.15, -0.1) is 0 Å². The monoisotopic (exact) mass is 279 g/mol. The molecule has 20 heavy (non-hydrogen) atoms. The molecule has 2 saturated heterocycles. The molecule has 0 amide bonds. The SMILES string of the molecule is CCc1nn(C)c(N2CCC3CNCC3C2)c1[N+](=O)[O-]. The summed E-state index contributed by atoms with van der Waals surface area (Å²) in [6.07, 6.45) is 1.69. The molecule has 7 heteroatoms. The maximum Gasteiger partial charge on any atom is 0.334 e. The van der Waals surface area contributed by atoms with Crippen LogP contribution >= 0.6 is 0 Å². The van der Waals surface area contributed by atoms with Gasteiger partial charge in [-0.1, -0.05) is 6.92 Å². The molecule has 110 valence electrons. The van der Waals surface area contributed by atoms with Crippen LogP contribution in [0.5, 0.6) is 0 Å². The van der Waals surface area contributed by atoms with E-state index in [9.17, 15) is 10.1 Å². The number of rotatable bonds is 3. The summed E-state index contributed by atoms with van der Waals surface area (Å²) in [6, 6.07) is 0. The highest BCUT2D eigenvalue weighted by atomic mass is 16.6. The van der Waals surface area contributed by atoms with Crippen molar-refractivity contribution in [1.29, 1.82) is 0 Å². The number of nitro groups is 1. The molecular formula is C13H21N5O2. The van der Waals surface area contributed by atoms with Gasteiger partial charge in [0.15, 0.2) is 0 Å². The number of hydrogen-bond acceptors (Lipinski definition) is 5. The van der Waals surface area contributed by atoms with Crippen LogP contribution < -0.4 is 10.2 Å². The average Bonchev–Trinajstić information content (AvgIpc) is 3.01. The van der Waals surface area contributed by atoms with Crippen LogP contribution in [0.1, 0.15) is 19.0 Å². The second-order valence-corrected chi connectivity index (χ2v) is 5.77. The first-order chi connectivity index (χ1) is 9.61. The first kappa shape index (κ1) is 13.4. The van der Waals surface area contributed by atoms with Crippen LogP contribution in [-0.4, -0.2) is 40.9 Å². The predicted molar refractivity (Wildman–Crippen MR) is 75.9 cm³/mol. The van der Waals surface area contributed by atoms with E-state index in [0.29, 0.717) is 23.9 Å². The van der Waals surface area contributed by atoms with Crippen molar-refractivity contribution in [2.24, 2.45) is 18.9 Å².